The molecule has 0 aliphatic heterocycles. The maximum Gasteiger partial charge on any atom is 0.137 e. The molecular weight excluding hydrogens is 250 g/mol. The summed E-state index contributed by atoms with van der Waals surface area (Å²) < 4.78 is 7.80. The molecule has 0 aromatic carbocycles. The fraction of sp³-hybridized carbons (Fsp3) is 0.562. The number of nitrogens with one attached hydrogen (secondary N) is 1. The van der Waals surface area contributed by atoms with E-state index in [9.17, 15) is 0 Å². The van der Waals surface area contributed by atoms with Crippen LogP contribution in [0.25, 0.3) is 11.3 Å². The molecule has 0 atom stereocenters. The summed E-state index contributed by atoms with van der Waals surface area (Å²) in [6.45, 7) is 10.5. The molecule has 0 aliphatic rings. The van der Waals surface area contributed by atoms with Gasteiger partial charge in [0.1, 0.15) is 11.5 Å². The van der Waals surface area contributed by atoms with Gasteiger partial charge in [0, 0.05) is 18.7 Å². The van der Waals surface area contributed by atoms with E-state index in [2.05, 4.69) is 38.1 Å². The normalized spacial score (nSPS) is 12.1. The van der Waals surface area contributed by atoms with Crippen molar-refractivity contribution in [2.45, 2.75) is 46.1 Å². The van der Waals surface area contributed by atoms with Crippen molar-refractivity contribution in [1.82, 2.24) is 15.1 Å². The Morgan fingerprint density at radius 3 is 2.70 bits per heavy atom. The third-order valence-corrected chi connectivity index (χ3v) is 3.19. The fourth-order valence-electron chi connectivity index (χ4n) is 2.23. The molecule has 2 aromatic rings. The highest BCUT2D eigenvalue weighted by molar-refractivity contribution is 5.61. The lowest BCUT2D eigenvalue weighted by molar-refractivity contribution is 0.490. The molecule has 2 rings (SSSR count). The number of hydrogen-bond donors (Lipinski definition) is 1. The Morgan fingerprint density at radius 1 is 1.30 bits per heavy atom. The van der Waals surface area contributed by atoms with Crippen LogP contribution in [0.5, 0.6) is 0 Å². The molecule has 0 saturated heterocycles. The van der Waals surface area contributed by atoms with Crippen LogP contribution >= 0.6 is 0 Å². The third kappa shape index (κ3) is 3.31. The smallest absolute Gasteiger partial charge is 0.137 e. The highest BCUT2D eigenvalue weighted by atomic mass is 16.3. The van der Waals surface area contributed by atoms with Crippen LogP contribution in [0.1, 0.15) is 45.6 Å². The number of furan rings is 1. The van der Waals surface area contributed by atoms with Crippen LogP contribution in [-0.4, -0.2) is 16.3 Å². The molecule has 20 heavy (non-hydrogen) atoms. The maximum atomic E-state index is 5.95. The summed E-state index contributed by atoms with van der Waals surface area (Å²) in [4.78, 5) is 0. The summed E-state index contributed by atoms with van der Waals surface area (Å²) in [6.07, 6.45) is 3.16. The first-order valence-electron chi connectivity index (χ1n) is 7.25. The second-order valence-electron chi connectivity index (χ2n) is 6.26. The summed E-state index contributed by atoms with van der Waals surface area (Å²) in [5, 5.41) is 7.94. The predicted molar refractivity (Wildman–Crippen MR) is 81.6 cm³/mol. The molecule has 0 unspecified atom stereocenters. The first-order valence-corrected chi connectivity index (χ1v) is 7.25. The quantitative estimate of drug-likeness (QED) is 0.850. The van der Waals surface area contributed by atoms with Crippen molar-refractivity contribution in [2.24, 2.45) is 7.05 Å². The van der Waals surface area contributed by atoms with Crippen molar-refractivity contribution in [3.05, 3.63) is 29.8 Å². The summed E-state index contributed by atoms with van der Waals surface area (Å²) in [7, 11) is 1.95. The number of rotatable bonds is 5. The Kier molecular flexibility index (Phi) is 4.33. The Morgan fingerprint density at radius 2 is 2.05 bits per heavy atom. The second-order valence-corrected chi connectivity index (χ2v) is 6.26. The molecule has 1 N–H and O–H groups in total. The van der Waals surface area contributed by atoms with Crippen molar-refractivity contribution in [3.8, 4) is 11.3 Å². The zero-order chi connectivity index (χ0) is 14.8. The van der Waals surface area contributed by atoms with Crippen LogP contribution in [-0.2, 0) is 19.0 Å². The van der Waals surface area contributed by atoms with Crippen LogP contribution in [0, 0.1) is 0 Å². The van der Waals surface area contributed by atoms with E-state index in [0.29, 0.717) is 0 Å². The van der Waals surface area contributed by atoms with Gasteiger partial charge in [-0.25, -0.2) is 0 Å². The molecule has 0 radical (unpaired) electrons. The van der Waals surface area contributed by atoms with E-state index in [1.54, 1.807) is 0 Å². The van der Waals surface area contributed by atoms with Crippen LogP contribution in [0.3, 0.4) is 0 Å². The Labute approximate surface area is 121 Å². The lowest BCUT2D eigenvalue weighted by Crippen LogP contribution is -2.13. The molecule has 0 saturated carbocycles. The van der Waals surface area contributed by atoms with Crippen molar-refractivity contribution < 1.29 is 4.42 Å². The van der Waals surface area contributed by atoms with Crippen LogP contribution in [0.4, 0.5) is 0 Å². The van der Waals surface area contributed by atoms with E-state index in [1.807, 2.05) is 30.1 Å². The van der Waals surface area contributed by atoms with Gasteiger partial charge in [-0.15, -0.1) is 0 Å². The van der Waals surface area contributed by atoms with Crippen molar-refractivity contribution in [1.29, 1.82) is 0 Å². The average molecular weight is 275 g/mol. The highest BCUT2D eigenvalue weighted by Gasteiger charge is 2.24. The number of nitrogens with zero attached hydrogens (tertiary/aromatic N) is 2. The molecule has 0 fully saturated rings. The van der Waals surface area contributed by atoms with Crippen molar-refractivity contribution in [3.63, 3.8) is 0 Å². The molecule has 0 spiro atoms. The Bertz CT molecular complexity index is 561. The van der Waals surface area contributed by atoms with E-state index in [0.717, 1.165) is 42.3 Å². The molecule has 110 valence electrons. The van der Waals surface area contributed by atoms with Gasteiger partial charge in [0.05, 0.1) is 17.8 Å². The lowest BCUT2D eigenvalue weighted by Gasteiger charge is -2.16. The van der Waals surface area contributed by atoms with Crippen molar-refractivity contribution in [2.75, 3.05) is 6.54 Å². The maximum absolute atomic E-state index is 5.95. The lowest BCUT2D eigenvalue weighted by atomic mass is 9.89. The average Bonchev–Trinajstić information content (AvgIpc) is 2.95. The topological polar surface area (TPSA) is 43.0 Å². The van der Waals surface area contributed by atoms with Gasteiger partial charge in [-0.2, -0.15) is 5.10 Å². The van der Waals surface area contributed by atoms with E-state index in [4.69, 9.17) is 4.42 Å². The SMILES string of the molecule is CCCNCc1ccc(-c2cn(C)nc2C(C)(C)C)o1. The minimum absolute atomic E-state index is 0.00398. The van der Waals surface area contributed by atoms with Crippen LogP contribution in [0.15, 0.2) is 22.7 Å². The molecule has 0 amide bonds. The molecular formula is C16H25N3O. The van der Waals surface area contributed by atoms with E-state index >= 15 is 0 Å². The highest BCUT2D eigenvalue weighted by Crippen LogP contribution is 2.32. The van der Waals surface area contributed by atoms with Gasteiger partial charge in [0.25, 0.3) is 0 Å². The summed E-state index contributed by atoms with van der Waals surface area (Å²) >= 11 is 0. The van der Waals surface area contributed by atoms with E-state index < -0.39 is 0 Å². The zero-order valence-corrected chi connectivity index (χ0v) is 13.2. The first-order chi connectivity index (χ1) is 9.41. The summed E-state index contributed by atoms with van der Waals surface area (Å²) in [5.41, 5.74) is 2.16. The monoisotopic (exact) mass is 275 g/mol. The molecule has 0 aliphatic carbocycles. The van der Waals surface area contributed by atoms with Gasteiger partial charge in [-0.05, 0) is 25.1 Å². The van der Waals surface area contributed by atoms with Gasteiger partial charge in [-0.3, -0.25) is 4.68 Å². The van der Waals surface area contributed by atoms with Gasteiger partial charge in [0.2, 0.25) is 0 Å². The molecule has 0 bridgehead atoms. The summed E-state index contributed by atoms with van der Waals surface area (Å²) in [5.74, 6) is 1.87. The third-order valence-electron chi connectivity index (χ3n) is 3.19. The van der Waals surface area contributed by atoms with Crippen molar-refractivity contribution >= 4 is 0 Å². The fourth-order valence-corrected chi connectivity index (χ4v) is 2.23. The van der Waals surface area contributed by atoms with Gasteiger partial charge < -0.3 is 9.73 Å². The Balaban J connectivity index is 2.24. The van der Waals surface area contributed by atoms with Gasteiger partial charge >= 0.3 is 0 Å². The largest absolute Gasteiger partial charge is 0.460 e. The molecule has 4 nitrogen and oxygen atoms in total. The van der Waals surface area contributed by atoms with Gasteiger partial charge in [-0.1, -0.05) is 27.7 Å². The van der Waals surface area contributed by atoms with E-state index in [-0.39, 0.29) is 5.41 Å². The molecule has 2 aromatic heterocycles. The molecule has 2 heterocycles. The van der Waals surface area contributed by atoms with Crippen LogP contribution < -0.4 is 5.32 Å². The standard InChI is InChI=1S/C16H25N3O/c1-6-9-17-10-12-7-8-14(20-12)13-11-19(5)18-15(13)16(2,3)4/h7-8,11,17H,6,9-10H2,1-5H3. The number of aromatic nitrogens is 2. The predicted octanol–water partition coefficient (Wildman–Crippen LogP) is 3.48. The van der Waals surface area contributed by atoms with Crippen LogP contribution in [0.2, 0.25) is 0 Å². The zero-order valence-electron chi connectivity index (χ0n) is 13.2. The van der Waals surface area contributed by atoms with Gasteiger partial charge in [0.15, 0.2) is 0 Å². The minimum atomic E-state index is 0.00398. The summed E-state index contributed by atoms with van der Waals surface area (Å²) in [6, 6.07) is 4.08. The molecule has 4 heteroatoms. The number of aryl methyl sites for hydroxylation is 1. The number of hydrogen-bond acceptors (Lipinski definition) is 3. The minimum Gasteiger partial charge on any atom is -0.460 e. The first kappa shape index (κ1) is 14.9. The Hall–Kier alpha value is -1.55. The second kappa shape index (κ2) is 5.83. The van der Waals surface area contributed by atoms with E-state index in [1.165, 1.54) is 0 Å².